The fraction of sp³-hybridized carbons (Fsp3) is 0.600. The van der Waals surface area contributed by atoms with Gasteiger partial charge in [0.05, 0.1) is 7.11 Å². The molecule has 17 heavy (non-hydrogen) atoms. The van der Waals surface area contributed by atoms with Gasteiger partial charge < -0.3 is 10.1 Å². The van der Waals surface area contributed by atoms with Gasteiger partial charge in [-0.25, -0.2) is 0 Å². The van der Waals surface area contributed by atoms with E-state index in [1.165, 1.54) is 31.2 Å². The Morgan fingerprint density at radius 3 is 2.47 bits per heavy atom. The van der Waals surface area contributed by atoms with E-state index in [-0.39, 0.29) is 0 Å². The second kappa shape index (κ2) is 6.06. The van der Waals surface area contributed by atoms with E-state index in [2.05, 4.69) is 24.4 Å². The first-order valence-corrected chi connectivity index (χ1v) is 6.67. The van der Waals surface area contributed by atoms with Gasteiger partial charge in [0.15, 0.2) is 0 Å². The highest BCUT2D eigenvalue weighted by atomic mass is 16.5. The molecule has 1 N–H and O–H groups in total. The van der Waals surface area contributed by atoms with Crippen molar-refractivity contribution in [3.05, 3.63) is 29.8 Å². The first kappa shape index (κ1) is 12.4. The lowest BCUT2D eigenvalue weighted by Crippen LogP contribution is -2.24. The average molecular weight is 233 g/mol. The Bertz CT molecular complexity index is 327. The Balaban J connectivity index is 1.83. The van der Waals surface area contributed by atoms with Gasteiger partial charge in [0.2, 0.25) is 0 Å². The second-order valence-electron chi connectivity index (χ2n) is 5.05. The molecule has 2 nitrogen and oxygen atoms in total. The molecule has 0 aromatic heterocycles. The fourth-order valence-electron chi connectivity index (χ4n) is 2.57. The third-order valence-electron chi connectivity index (χ3n) is 3.80. The minimum atomic E-state index is 0.432. The summed E-state index contributed by atoms with van der Waals surface area (Å²) in [4.78, 5) is 0. The Morgan fingerprint density at radius 2 is 1.88 bits per heavy atom. The van der Waals surface area contributed by atoms with Gasteiger partial charge in [-0.1, -0.05) is 25.0 Å². The Hall–Kier alpha value is -1.02. The van der Waals surface area contributed by atoms with E-state index in [0.717, 1.165) is 18.2 Å². The van der Waals surface area contributed by atoms with Gasteiger partial charge in [0, 0.05) is 6.04 Å². The predicted octanol–water partition coefficient (Wildman–Crippen LogP) is 3.54. The number of hydrogen-bond donors (Lipinski definition) is 1. The van der Waals surface area contributed by atoms with Crippen LogP contribution >= 0.6 is 0 Å². The zero-order chi connectivity index (χ0) is 12.1. The molecule has 1 aliphatic carbocycles. The van der Waals surface area contributed by atoms with Crippen LogP contribution in [0.4, 0.5) is 0 Å². The molecule has 2 heteroatoms. The quantitative estimate of drug-likeness (QED) is 0.840. The highest BCUT2D eigenvalue weighted by molar-refractivity contribution is 5.28. The summed E-state index contributed by atoms with van der Waals surface area (Å²) >= 11 is 0. The van der Waals surface area contributed by atoms with Crippen LogP contribution in [0.25, 0.3) is 0 Å². The van der Waals surface area contributed by atoms with Crippen LogP contribution < -0.4 is 10.1 Å². The molecule has 0 spiro atoms. The number of methoxy groups -OCH3 is 1. The minimum Gasteiger partial charge on any atom is -0.497 e. The number of nitrogens with one attached hydrogen (secondary N) is 1. The van der Waals surface area contributed by atoms with E-state index in [4.69, 9.17) is 4.74 Å². The van der Waals surface area contributed by atoms with Crippen LogP contribution in [0, 0.1) is 5.92 Å². The van der Waals surface area contributed by atoms with E-state index in [1.54, 1.807) is 7.11 Å². The van der Waals surface area contributed by atoms with Gasteiger partial charge in [-0.15, -0.1) is 0 Å². The van der Waals surface area contributed by atoms with E-state index in [1.807, 2.05) is 12.1 Å². The maximum atomic E-state index is 5.17. The molecule has 1 fully saturated rings. The summed E-state index contributed by atoms with van der Waals surface area (Å²) in [6, 6.07) is 8.78. The molecule has 0 aliphatic heterocycles. The van der Waals surface area contributed by atoms with Crippen LogP contribution in [-0.2, 0) is 0 Å². The van der Waals surface area contributed by atoms with E-state index in [0.29, 0.717) is 6.04 Å². The molecular weight excluding hydrogens is 210 g/mol. The molecule has 2 rings (SSSR count). The van der Waals surface area contributed by atoms with Gasteiger partial charge >= 0.3 is 0 Å². The second-order valence-corrected chi connectivity index (χ2v) is 5.05. The van der Waals surface area contributed by atoms with Crippen molar-refractivity contribution in [2.75, 3.05) is 13.7 Å². The van der Waals surface area contributed by atoms with Crippen LogP contribution in [0.5, 0.6) is 5.75 Å². The largest absolute Gasteiger partial charge is 0.497 e. The van der Waals surface area contributed by atoms with Crippen molar-refractivity contribution in [3.8, 4) is 5.75 Å². The average Bonchev–Trinajstić information content (AvgIpc) is 2.89. The normalized spacial score (nSPS) is 18.2. The number of ether oxygens (including phenoxy) is 1. The van der Waals surface area contributed by atoms with Crippen molar-refractivity contribution >= 4 is 0 Å². The minimum absolute atomic E-state index is 0.432. The first-order chi connectivity index (χ1) is 8.29. The zero-order valence-electron chi connectivity index (χ0n) is 10.9. The lowest BCUT2D eigenvalue weighted by Gasteiger charge is -2.17. The van der Waals surface area contributed by atoms with E-state index in [9.17, 15) is 0 Å². The highest BCUT2D eigenvalue weighted by Crippen LogP contribution is 2.25. The summed E-state index contributed by atoms with van der Waals surface area (Å²) in [6.07, 6.45) is 5.65. The molecule has 1 unspecified atom stereocenters. The maximum absolute atomic E-state index is 5.17. The fourth-order valence-corrected chi connectivity index (χ4v) is 2.57. The van der Waals surface area contributed by atoms with Crippen molar-refractivity contribution in [2.24, 2.45) is 5.92 Å². The van der Waals surface area contributed by atoms with Gasteiger partial charge in [-0.05, 0) is 49.9 Å². The van der Waals surface area contributed by atoms with Crippen LogP contribution in [-0.4, -0.2) is 13.7 Å². The molecule has 0 saturated heterocycles. The Kier molecular flexibility index (Phi) is 4.43. The van der Waals surface area contributed by atoms with Crippen molar-refractivity contribution in [3.63, 3.8) is 0 Å². The monoisotopic (exact) mass is 233 g/mol. The summed E-state index contributed by atoms with van der Waals surface area (Å²) in [6.45, 7) is 3.39. The summed E-state index contributed by atoms with van der Waals surface area (Å²) in [5.74, 6) is 1.83. The number of benzene rings is 1. The van der Waals surface area contributed by atoms with E-state index >= 15 is 0 Å². The van der Waals surface area contributed by atoms with Gasteiger partial charge in [0.25, 0.3) is 0 Å². The smallest absolute Gasteiger partial charge is 0.118 e. The molecular formula is C15H23NO. The standard InChI is InChI=1S/C15H23NO/c1-12(16-11-13-5-3-4-6-13)14-7-9-15(17-2)10-8-14/h7-10,12-13,16H,3-6,11H2,1-2H3. The molecule has 94 valence electrons. The molecule has 1 aliphatic rings. The molecule has 0 amide bonds. The Labute approximate surface area is 104 Å². The third kappa shape index (κ3) is 3.47. The van der Waals surface area contributed by atoms with Crippen LogP contribution in [0.3, 0.4) is 0 Å². The molecule has 1 aromatic carbocycles. The maximum Gasteiger partial charge on any atom is 0.118 e. The topological polar surface area (TPSA) is 21.3 Å². The van der Waals surface area contributed by atoms with Crippen molar-refractivity contribution in [2.45, 2.75) is 38.6 Å². The molecule has 1 saturated carbocycles. The summed E-state index contributed by atoms with van der Waals surface area (Å²) in [7, 11) is 1.71. The van der Waals surface area contributed by atoms with Crippen molar-refractivity contribution in [1.29, 1.82) is 0 Å². The summed E-state index contributed by atoms with van der Waals surface area (Å²) < 4.78 is 5.17. The number of hydrogen-bond acceptors (Lipinski definition) is 2. The molecule has 0 bridgehead atoms. The van der Waals surface area contributed by atoms with Crippen LogP contribution in [0.2, 0.25) is 0 Å². The van der Waals surface area contributed by atoms with E-state index < -0.39 is 0 Å². The molecule has 1 aromatic rings. The lowest BCUT2D eigenvalue weighted by atomic mass is 10.1. The first-order valence-electron chi connectivity index (χ1n) is 6.67. The lowest BCUT2D eigenvalue weighted by molar-refractivity contribution is 0.414. The van der Waals surface area contributed by atoms with Crippen LogP contribution in [0.15, 0.2) is 24.3 Å². The van der Waals surface area contributed by atoms with Crippen molar-refractivity contribution in [1.82, 2.24) is 5.32 Å². The number of rotatable bonds is 5. The summed E-state index contributed by atoms with van der Waals surface area (Å²) in [5, 5.41) is 3.64. The van der Waals surface area contributed by atoms with Gasteiger partial charge in [0.1, 0.15) is 5.75 Å². The zero-order valence-corrected chi connectivity index (χ0v) is 10.9. The highest BCUT2D eigenvalue weighted by Gasteiger charge is 2.15. The van der Waals surface area contributed by atoms with Crippen LogP contribution in [0.1, 0.15) is 44.2 Å². The molecule has 0 radical (unpaired) electrons. The SMILES string of the molecule is COc1ccc(C(C)NCC2CCCC2)cc1. The Morgan fingerprint density at radius 1 is 1.24 bits per heavy atom. The predicted molar refractivity (Wildman–Crippen MR) is 71.4 cm³/mol. The van der Waals surface area contributed by atoms with Gasteiger partial charge in [-0.3, -0.25) is 0 Å². The van der Waals surface area contributed by atoms with Gasteiger partial charge in [-0.2, -0.15) is 0 Å². The van der Waals surface area contributed by atoms with Crippen molar-refractivity contribution < 1.29 is 4.74 Å². The third-order valence-corrected chi connectivity index (χ3v) is 3.80. The summed E-state index contributed by atoms with van der Waals surface area (Å²) in [5.41, 5.74) is 1.34. The molecule has 1 atom stereocenters. The molecule has 0 heterocycles.